The van der Waals surface area contributed by atoms with Crippen LogP contribution in [0.5, 0.6) is 0 Å². The fraction of sp³-hybridized carbons (Fsp3) is 0.348. The van der Waals surface area contributed by atoms with Crippen LogP contribution in [-0.4, -0.2) is 44.1 Å². The largest absolute Gasteiger partial charge is 0.352 e. The lowest BCUT2D eigenvalue weighted by atomic mass is 10.1. The van der Waals surface area contributed by atoms with E-state index < -0.39 is 6.04 Å². The first-order valence-electron chi connectivity index (χ1n) is 10.8. The summed E-state index contributed by atoms with van der Waals surface area (Å²) in [4.78, 5) is 28.8. The molecular formula is C23H24ClFN6O2. The molecule has 1 heterocycles. The number of hydrogen-bond donors (Lipinski definition) is 1. The molecule has 172 valence electrons. The van der Waals surface area contributed by atoms with Gasteiger partial charge in [-0.25, -0.2) is 4.39 Å². The lowest BCUT2D eigenvalue weighted by Gasteiger charge is -2.29. The lowest BCUT2D eigenvalue weighted by Crippen LogP contribution is -2.51. The predicted octanol–water partition coefficient (Wildman–Crippen LogP) is 3.61. The van der Waals surface area contributed by atoms with E-state index in [9.17, 15) is 14.0 Å². The first-order valence-corrected chi connectivity index (χ1v) is 11.2. The Morgan fingerprint density at radius 2 is 1.82 bits per heavy atom. The predicted molar refractivity (Wildman–Crippen MR) is 122 cm³/mol. The molecule has 1 atom stereocenters. The maximum Gasteiger partial charge on any atom is 0.251 e. The fourth-order valence-electron chi connectivity index (χ4n) is 3.92. The van der Waals surface area contributed by atoms with Crippen molar-refractivity contribution in [3.05, 3.63) is 59.4 Å². The number of halogens is 2. The molecule has 0 saturated heterocycles. The van der Waals surface area contributed by atoms with Gasteiger partial charge in [-0.3, -0.25) is 14.5 Å². The molecule has 0 radical (unpaired) electrons. The van der Waals surface area contributed by atoms with Crippen molar-refractivity contribution < 1.29 is 14.0 Å². The van der Waals surface area contributed by atoms with E-state index in [-0.39, 0.29) is 36.0 Å². The van der Waals surface area contributed by atoms with Crippen molar-refractivity contribution in [1.29, 1.82) is 0 Å². The SMILES string of the molecule is C[C@H](C(=O)NC1CCCC1)N(C(=O)Cn1nnc(-c2ccc(F)cc2)n1)c1ccc(Cl)cc1. The van der Waals surface area contributed by atoms with Crippen LogP contribution in [0.3, 0.4) is 0 Å². The average Bonchev–Trinajstić information content (AvgIpc) is 3.48. The van der Waals surface area contributed by atoms with Gasteiger partial charge in [-0.2, -0.15) is 4.80 Å². The highest BCUT2D eigenvalue weighted by Gasteiger charge is 2.30. The summed E-state index contributed by atoms with van der Waals surface area (Å²) >= 11 is 6.01. The van der Waals surface area contributed by atoms with Gasteiger partial charge in [0.15, 0.2) is 0 Å². The molecule has 1 aliphatic carbocycles. The maximum absolute atomic E-state index is 13.3. The smallest absolute Gasteiger partial charge is 0.251 e. The normalized spacial score (nSPS) is 14.8. The van der Waals surface area contributed by atoms with Gasteiger partial charge in [-0.05, 0) is 73.5 Å². The number of anilines is 1. The van der Waals surface area contributed by atoms with Crippen molar-refractivity contribution in [2.75, 3.05) is 4.90 Å². The lowest BCUT2D eigenvalue weighted by molar-refractivity contribution is -0.127. The van der Waals surface area contributed by atoms with Crippen molar-refractivity contribution >= 4 is 29.1 Å². The molecule has 8 nitrogen and oxygen atoms in total. The highest BCUT2D eigenvalue weighted by atomic mass is 35.5. The molecule has 1 aliphatic rings. The maximum atomic E-state index is 13.3. The van der Waals surface area contributed by atoms with Crippen molar-refractivity contribution in [3.63, 3.8) is 0 Å². The number of aromatic nitrogens is 4. The summed E-state index contributed by atoms with van der Waals surface area (Å²) in [5.74, 6) is -0.698. The number of benzene rings is 2. The van der Waals surface area contributed by atoms with Crippen LogP contribution in [-0.2, 0) is 16.1 Å². The van der Waals surface area contributed by atoms with E-state index >= 15 is 0 Å². The molecule has 3 aromatic rings. The van der Waals surface area contributed by atoms with Crippen molar-refractivity contribution in [1.82, 2.24) is 25.5 Å². The molecule has 2 amide bonds. The van der Waals surface area contributed by atoms with Gasteiger partial charge in [-0.1, -0.05) is 24.4 Å². The highest BCUT2D eigenvalue weighted by molar-refractivity contribution is 6.30. The summed E-state index contributed by atoms with van der Waals surface area (Å²) in [5, 5.41) is 15.7. The Morgan fingerprint density at radius 3 is 2.48 bits per heavy atom. The van der Waals surface area contributed by atoms with Crippen LogP contribution in [0.4, 0.5) is 10.1 Å². The van der Waals surface area contributed by atoms with E-state index in [1.54, 1.807) is 31.2 Å². The summed E-state index contributed by atoms with van der Waals surface area (Å²) in [6.45, 7) is 1.47. The Hall–Kier alpha value is -3.33. The molecule has 0 bridgehead atoms. The fourth-order valence-corrected chi connectivity index (χ4v) is 4.04. The number of carbonyl (C=O) groups excluding carboxylic acids is 2. The zero-order valence-electron chi connectivity index (χ0n) is 18.1. The Balaban J connectivity index is 1.53. The molecule has 0 spiro atoms. The van der Waals surface area contributed by atoms with Crippen molar-refractivity contribution in [2.24, 2.45) is 0 Å². The van der Waals surface area contributed by atoms with E-state index in [1.165, 1.54) is 29.2 Å². The molecule has 1 N–H and O–H groups in total. The first-order chi connectivity index (χ1) is 15.9. The quantitative estimate of drug-likeness (QED) is 0.569. The number of rotatable bonds is 7. The molecule has 0 aliphatic heterocycles. The number of tetrazole rings is 1. The molecule has 10 heteroatoms. The third kappa shape index (κ3) is 5.54. The Morgan fingerprint density at radius 1 is 1.15 bits per heavy atom. The van der Waals surface area contributed by atoms with Crippen LogP contribution in [0, 0.1) is 5.82 Å². The monoisotopic (exact) mass is 470 g/mol. The molecule has 1 saturated carbocycles. The molecule has 2 aromatic carbocycles. The molecular weight excluding hydrogens is 447 g/mol. The first kappa shape index (κ1) is 22.8. The Bertz CT molecular complexity index is 1110. The van der Waals surface area contributed by atoms with Crippen LogP contribution < -0.4 is 10.2 Å². The van der Waals surface area contributed by atoms with Crippen molar-refractivity contribution in [3.8, 4) is 11.4 Å². The van der Waals surface area contributed by atoms with Gasteiger partial charge in [0.25, 0.3) is 5.91 Å². The van der Waals surface area contributed by atoms with Crippen LogP contribution in [0.15, 0.2) is 48.5 Å². The van der Waals surface area contributed by atoms with Gasteiger partial charge >= 0.3 is 0 Å². The molecule has 33 heavy (non-hydrogen) atoms. The van der Waals surface area contributed by atoms with E-state index in [4.69, 9.17) is 11.6 Å². The molecule has 1 fully saturated rings. The third-order valence-corrected chi connectivity index (χ3v) is 5.93. The van der Waals surface area contributed by atoms with E-state index in [0.29, 0.717) is 16.3 Å². The van der Waals surface area contributed by atoms with Gasteiger partial charge in [-0.15, -0.1) is 10.2 Å². The van der Waals surface area contributed by atoms with Gasteiger partial charge in [0.05, 0.1) is 0 Å². The highest BCUT2D eigenvalue weighted by Crippen LogP contribution is 2.23. The second-order valence-corrected chi connectivity index (χ2v) is 8.49. The van der Waals surface area contributed by atoms with E-state index in [2.05, 4.69) is 20.7 Å². The molecule has 1 aromatic heterocycles. The van der Waals surface area contributed by atoms with Gasteiger partial charge in [0.1, 0.15) is 18.4 Å². The molecule has 0 unspecified atom stereocenters. The number of amides is 2. The van der Waals surface area contributed by atoms with Gasteiger partial charge in [0, 0.05) is 22.3 Å². The summed E-state index contributed by atoms with van der Waals surface area (Å²) in [7, 11) is 0. The van der Waals surface area contributed by atoms with Gasteiger partial charge in [0.2, 0.25) is 11.7 Å². The zero-order valence-corrected chi connectivity index (χ0v) is 18.9. The van der Waals surface area contributed by atoms with E-state index in [1.807, 2.05) is 0 Å². The van der Waals surface area contributed by atoms with Gasteiger partial charge < -0.3 is 5.32 Å². The van der Waals surface area contributed by atoms with Crippen molar-refractivity contribution in [2.45, 2.75) is 51.2 Å². The minimum Gasteiger partial charge on any atom is -0.352 e. The topological polar surface area (TPSA) is 93.0 Å². The van der Waals surface area contributed by atoms with Crippen LogP contribution in [0.1, 0.15) is 32.6 Å². The Kier molecular flexibility index (Phi) is 6.98. The summed E-state index contributed by atoms with van der Waals surface area (Å²) in [6, 6.07) is 11.8. The average molecular weight is 471 g/mol. The third-order valence-electron chi connectivity index (χ3n) is 5.67. The minimum absolute atomic E-state index is 0.136. The number of nitrogens with one attached hydrogen (secondary N) is 1. The second kappa shape index (κ2) is 10.1. The number of hydrogen-bond acceptors (Lipinski definition) is 5. The summed E-state index contributed by atoms with van der Waals surface area (Å²) in [5.41, 5.74) is 1.12. The van der Waals surface area contributed by atoms with Crippen LogP contribution in [0.25, 0.3) is 11.4 Å². The van der Waals surface area contributed by atoms with Crippen LogP contribution in [0.2, 0.25) is 5.02 Å². The second-order valence-electron chi connectivity index (χ2n) is 8.06. The summed E-state index contributed by atoms with van der Waals surface area (Å²) in [6.07, 6.45) is 4.08. The summed E-state index contributed by atoms with van der Waals surface area (Å²) < 4.78 is 13.2. The number of nitrogens with zero attached hydrogens (tertiary/aromatic N) is 5. The standard InChI is InChI=1S/C23H24ClFN6O2/c1-15(23(33)26-19-4-2-3-5-19)31(20-12-8-17(24)9-13-20)21(32)14-30-28-22(27-29-30)16-6-10-18(25)11-7-16/h6-13,15,19H,2-5,14H2,1H3,(H,26,33)/t15-/m1/s1. The Labute approximate surface area is 195 Å². The minimum atomic E-state index is -0.751. The number of carbonyl (C=O) groups is 2. The van der Waals surface area contributed by atoms with E-state index in [0.717, 1.165) is 30.5 Å². The molecule has 4 rings (SSSR count). The zero-order chi connectivity index (χ0) is 23.4. The van der Waals surface area contributed by atoms with Crippen LogP contribution >= 0.6 is 11.6 Å².